The molecule has 0 radical (unpaired) electrons. The number of nitrogens with one attached hydrogen (secondary N) is 2. The van der Waals surface area contributed by atoms with Crippen LogP contribution in [0.25, 0.3) is 10.9 Å². The third-order valence-electron chi connectivity index (χ3n) is 3.76. The minimum Gasteiger partial charge on any atom is -0.497 e. The highest BCUT2D eigenvalue weighted by molar-refractivity contribution is 14.0. The summed E-state index contributed by atoms with van der Waals surface area (Å²) >= 11 is 0. The van der Waals surface area contributed by atoms with Gasteiger partial charge in [-0.2, -0.15) is 0 Å². The number of aromatic nitrogens is 1. The van der Waals surface area contributed by atoms with E-state index in [2.05, 4.69) is 15.3 Å². The van der Waals surface area contributed by atoms with Gasteiger partial charge in [0.2, 0.25) is 0 Å². The molecule has 7 heteroatoms. The first-order chi connectivity index (χ1) is 11.7. The SMILES string of the molecule is COc1ccc(NC(N)=NCCc2c[nH]c3cc(F)ccc23)cc1.I. The van der Waals surface area contributed by atoms with Crippen molar-refractivity contribution in [2.45, 2.75) is 6.42 Å². The molecular weight excluding hydrogens is 434 g/mol. The van der Waals surface area contributed by atoms with E-state index in [4.69, 9.17) is 10.5 Å². The second-order valence-electron chi connectivity index (χ2n) is 5.37. The first-order valence-electron chi connectivity index (χ1n) is 7.62. The molecular formula is C18H20FIN4O. The van der Waals surface area contributed by atoms with Gasteiger partial charge in [-0.25, -0.2) is 4.39 Å². The van der Waals surface area contributed by atoms with E-state index >= 15 is 0 Å². The topological polar surface area (TPSA) is 75.4 Å². The first-order valence-corrected chi connectivity index (χ1v) is 7.62. The van der Waals surface area contributed by atoms with Gasteiger partial charge >= 0.3 is 0 Å². The molecule has 0 amide bonds. The van der Waals surface area contributed by atoms with Gasteiger partial charge in [-0.05, 0) is 54.4 Å². The lowest BCUT2D eigenvalue weighted by Gasteiger charge is -2.06. The van der Waals surface area contributed by atoms with Crippen molar-refractivity contribution >= 4 is 46.5 Å². The number of guanidine groups is 1. The molecule has 25 heavy (non-hydrogen) atoms. The number of ether oxygens (including phenoxy) is 1. The summed E-state index contributed by atoms with van der Waals surface area (Å²) in [5.41, 5.74) is 8.62. The summed E-state index contributed by atoms with van der Waals surface area (Å²) in [6, 6.07) is 12.2. The Balaban J connectivity index is 0.00000225. The molecule has 5 nitrogen and oxygen atoms in total. The maximum absolute atomic E-state index is 13.2. The Bertz CT molecular complexity index is 861. The van der Waals surface area contributed by atoms with E-state index in [1.54, 1.807) is 13.2 Å². The Morgan fingerprint density at radius 1 is 1.24 bits per heavy atom. The molecule has 0 aliphatic heterocycles. The number of benzene rings is 2. The number of fused-ring (bicyclic) bond motifs is 1. The van der Waals surface area contributed by atoms with Gasteiger partial charge in [0, 0.05) is 29.3 Å². The highest BCUT2D eigenvalue weighted by atomic mass is 127. The molecule has 2 aromatic carbocycles. The van der Waals surface area contributed by atoms with Gasteiger partial charge in [-0.15, -0.1) is 24.0 Å². The van der Waals surface area contributed by atoms with Gasteiger partial charge < -0.3 is 20.8 Å². The van der Waals surface area contributed by atoms with Crippen LogP contribution in [0, 0.1) is 5.82 Å². The van der Waals surface area contributed by atoms with Crippen molar-refractivity contribution in [2.75, 3.05) is 19.0 Å². The molecule has 3 aromatic rings. The lowest BCUT2D eigenvalue weighted by atomic mass is 10.1. The predicted molar refractivity (Wildman–Crippen MR) is 110 cm³/mol. The number of aliphatic imine (C=N–C) groups is 1. The van der Waals surface area contributed by atoms with Crippen molar-refractivity contribution in [2.24, 2.45) is 10.7 Å². The number of hydrogen-bond donors (Lipinski definition) is 3. The van der Waals surface area contributed by atoms with Crippen LogP contribution in [-0.2, 0) is 6.42 Å². The Hall–Kier alpha value is -2.29. The molecule has 0 saturated carbocycles. The van der Waals surface area contributed by atoms with E-state index < -0.39 is 0 Å². The lowest BCUT2D eigenvalue weighted by molar-refractivity contribution is 0.415. The normalized spacial score (nSPS) is 11.2. The summed E-state index contributed by atoms with van der Waals surface area (Å²) in [6.07, 6.45) is 2.60. The van der Waals surface area contributed by atoms with E-state index in [0.29, 0.717) is 12.5 Å². The Labute approximate surface area is 162 Å². The molecule has 4 N–H and O–H groups in total. The van der Waals surface area contributed by atoms with Gasteiger partial charge in [0.1, 0.15) is 11.6 Å². The highest BCUT2D eigenvalue weighted by Crippen LogP contribution is 2.19. The minimum absolute atomic E-state index is 0. The summed E-state index contributed by atoms with van der Waals surface area (Å²) in [4.78, 5) is 7.40. The average molecular weight is 454 g/mol. The number of aromatic amines is 1. The number of hydrogen-bond acceptors (Lipinski definition) is 2. The van der Waals surface area contributed by atoms with Crippen LogP contribution in [0.3, 0.4) is 0 Å². The van der Waals surface area contributed by atoms with E-state index in [-0.39, 0.29) is 29.8 Å². The van der Waals surface area contributed by atoms with Gasteiger partial charge in [-0.3, -0.25) is 4.99 Å². The first kappa shape index (κ1) is 19.0. The largest absolute Gasteiger partial charge is 0.497 e. The molecule has 0 unspecified atom stereocenters. The molecule has 0 saturated heterocycles. The summed E-state index contributed by atoms with van der Waals surface area (Å²) in [5.74, 6) is 0.889. The zero-order valence-corrected chi connectivity index (χ0v) is 16.1. The molecule has 0 spiro atoms. The monoisotopic (exact) mass is 454 g/mol. The van der Waals surface area contributed by atoms with Crippen molar-refractivity contribution in [3.05, 3.63) is 60.0 Å². The van der Waals surface area contributed by atoms with Crippen LogP contribution >= 0.6 is 24.0 Å². The molecule has 0 atom stereocenters. The number of rotatable bonds is 5. The number of H-pyrrole nitrogens is 1. The molecule has 0 fully saturated rings. The second kappa shape index (κ2) is 8.70. The van der Waals surface area contributed by atoms with E-state index in [0.717, 1.165) is 34.3 Å². The van der Waals surface area contributed by atoms with E-state index in [9.17, 15) is 4.39 Å². The van der Waals surface area contributed by atoms with Crippen molar-refractivity contribution < 1.29 is 9.13 Å². The van der Waals surface area contributed by atoms with E-state index in [1.807, 2.05) is 30.5 Å². The molecule has 132 valence electrons. The minimum atomic E-state index is -0.248. The average Bonchev–Trinajstić information content (AvgIpc) is 2.97. The van der Waals surface area contributed by atoms with Crippen LogP contribution in [0.4, 0.5) is 10.1 Å². The summed E-state index contributed by atoms with van der Waals surface area (Å²) in [7, 11) is 1.62. The summed E-state index contributed by atoms with van der Waals surface area (Å²) in [6.45, 7) is 0.541. The number of nitrogens with zero attached hydrogens (tertiary/aromatic N) is 1. The smallest absolute Gasteiger partial charge is 0.193 e. The fourth-order valence-corrected chi connectivity index (χ4v) is 2.52. The van der Waals surface area contributed by atoms with Crippen molar-refractivity contribution in [1.82, 2.24) is 4.98 Å². The summed E-state index contributed by atoms with van der Waals surface area (Å²) in [5, 5.41) is 4.04. The zero-order valence-electron chi connectivity index (χ0n) is 13.8. The van der Waals surface area contributed by atoms with E-state index in [1.165, 1.54) is 12.1 Å². The molecule has 1 heterocycles. The fraction of sp³-hybridized carbons (Fsp3) is 0.167. The van der Waals surface area contributed by atoms with Crippen LogP contribution in [0.5, 0.6) is 5.75 Å². The molecule has 0 bridgehead atoms. The van der Waals surface area contributed by atoms with Crippen LogP contribution in [0.15, 0.2) is 53.7 Å². The fourth-order valence-electron chi connectivity index (χ4n) is 2.52. The number of anilines is 1. The van der Waals surface area contributed by atoms with Gasteiger partial charge in [0.05, 0.1) is 7.11 Å². The third-order valence-corrected chi connectivity index (χ3v) is 3.76. The number of nitrogens with two attached hydrogens (primary N) is 1. The van der Waals surface area contributed by atoms with Crippen LogP contribution in [0.1, 0.15) is 5.56 Å². The van der Waals surface area contributed by atoms with Gasteiger partial charge in [-0.1, -0.05) is 0 Å². The molecule has 3 rings (SSSR count). The third kappa shape index (κ3) is 4.85. The molecule has 0 aliphatic rings. The predicted octanol–water partition coefficient (Wildman–Crippen LogP) is 3.90. The lowest BCUT2D eigenvalue weighted by Crippen LogP contribution is -2.23. The van der Waals surface area contributed by atoms with Gasteiger partial charge in [0.15, 0.2) is 5.96 Å². The molecule has 0 aliphatic carbocycles. The van der Waals surface area contributed by atoms with Crippen LogP contribution in [-0.4, -0.2) is 24.6 Å². The Morgan fingerprint density at radius 3 is 2.72 bits per heavy atom. The number of methoxy groups -OCH3 is 1. The maximum Gasteiger partial charge on any atom is 0.193 e. The van der Waals surface area contributed by atoms with Crippen LogP contribution in [0.2, 0.25) is 0 Å². The van der Waals surface area contributed by atoms with Gasteiger partial charge in [0.25, 0.3) is 0 Å². The summed E-state index contributed by atoms with van der Waals surface area (Å²) < 4.78 is 18.3. The zero-order chi connectivity index (χ0) is 16.9. The maximum atomic E-state index is 13.2. The number of halogens is 2. The Kier molecular flexibility index (Phi) is 6.63. The molecule has 1 aromatic heterocycles. The quantitative estimate of drug-likeness (QED) is 0.311. The van der Waals surface area contributed by atoms with Crippen LogP contribution < -0.4 is 15.8 Å². The van der Waals surface area contributed by atoms with Crippen molar-refractivity contribution in [1.29, 1.82) is 0 Å². The Morgan fingerprint density at radius 2 is 2.00 bits per heavy atom. The highest BCUT2D eigenvalue weighted by Gasteiger charge is 2.04. The van der Waals surface area contributed by atoms with Crippen molar-refractivity contribution in [3.8, 4) is 5.75 Å². The second-order valence-corrected chi connectivity index (χ2v) is 5.37. The van der Waals surface area contributed by atoms with Crippen molar-refractivity contribution in [3.63, 3.8) is 0 Å². The standard InChI is InChI=1S/C18H19FN4O.HI/c1-24-15-5-3-14(4-6-15)23-18(20)21-9-8-12-11-22-17-10-13(19)2-7-16(12)17;/h2-7,10-11,22H,8-9H2,1H3,(H3,20,21,23);1H.